The smallest absolute Gasteiger partial charge is 0.338 e. The molecular weight excluding hydrogens is 425 g/mol. The van der Waals surface area contributed by atoms with E-state index in [-0.39, 0.29) is 22.7 Å². The van der Waals surface area contributed by atoms with Crippen LogP contribution in [-0.4, -0.2) is 48.3 Å². The molecular formula is C18H15Cl2N3O6. The molecule has 11 heteroatoms. The Hall–Kier alpha value is -3.17. The average molecular weight is 440 g/mol. The highest BCUT2D eigenvalue weighted by molar-refractivity contribution is 6.42. The number of methoxy groups -OCH3 is 1. The van der Waals surface area contributed by atoms with Crippen LogP contribution in [0.15, 0.2) is 36.4 Å². The van der Waals surface area contributed by atoms with Crippen LogP contribution in [0.5, 0.6) is 0 Å². The lowest BCUT2D eigenvalue weighted by Crippen LogP contribution is -2.35. The van der Waals surface area contributed by atoms with Gasteiger partial charge in [0, 0.05) is 30.4 Å². The molecule has 0 radical (unpaired) electrons. The third-order valence-corrected chi connectivity index (χ3v) is 4.47. The number of anilines is 1. The number of esters is 1. The number of nitro groups is 1. The van der Waals surface area contributed by atoms with Gasteiger partial charge in [0.15, 0.2) is 0 Å². The van der Waals surface area contributed by atoms with E-state index in [9.17, 15) is 24.5 Å². The Balaban J connectivity index is 2.17. The minimum absolute atomic E-state index is 0.135. The van der Waals surface area contributed by atoms with Gasteiger partial charge in [0.25, 0.3) is 11.6 Å². The van der Waals surface area contributed by atoms with Crippen molar-refractivity contribution in [3.8, 4) is 0 Å². The molecule has 9 nitrogen and oxygen atoms in total. The summed E-state index contributed by atoms with van der Waals surface area (Å²) >= 11 is 11.7. The first-order valence-corrected chi connectivity index (χ1v) is 8.76. The first-order valence-electron chi connectivity index (χ1n) is 8.00. The Kier molecular flexibility index (Phi) is 7.13. The Morgan fingerprint density at radius 3 is 2.34 bits per heavy atom. The fourth-order valence-corrected chi connectivity index (χ4v) is 2.66. The van der Waals surface area contributed by atoms with E-state index in [4.69, 9.17) is 23.2 Å². The van der Waals surface area contributed by atoms with Crippen LogP contribution in [0.25, 0.3) is 0 Å². The highest BCUT2D eigenvalue weighted by Crippen LogP contribution is 2.25. The predicted molar refractivity (Wildman–Crippen MR) is 106 cm³/mol. The van der Waals surface area contributed by atoms with E-state index in [1.165, 1.54) is 25.2 Å². The van der Waals surface area contributed by atoms with Crippen molar-refractivity contribution in [2.75, 3.05) is 26.0 Å². The number of amides is 2. The number of ether oxygens (including phenoxy) is 1. The average Bonchev–Trinajstić information content (AvgIpc) is 2.68. The molecule has 0 heterocycles. The van der Waals surface area contributed by atoms with Crippen molar-refractivity contribution in [3.05, 3.63) is 67.7 Å². The Labute approximate surface area is 175 Å². The number of non-ortho nitro benzene ring substituents is 1. The van der Waals surface area contributed by atoms with Crippen molar-refractivity contribution in [2.24, 2.45) is 0 Å². The Morgan fingerprint density at radius 1 is 1.10 bits per heavy atom. The zero-order chi connectivity index (χ0) is 21.7. The monoisotopic (exact) mass is 439 g/mol. The molecule has 0 aliphatic rings. The molecule has 0 aliphatic heterocycles. The first-order chi connectivity index (χ1) is 13.6. The molecule has 2 aromatic carbocycles. The van der Waals surface area contributed by atoms with Gasteiger partial charge in [-0.1, -0.05) is 23.2 Å². The summed E-state index contributed by atoms with van der Waals surface area (Å²) in [5, 5.41) is 14.2. The van der Waals surface area contributed by atoms with Crippen LogP contribution in [-0.2, 0) is 9.53 Å². The van der Waals surface area contributed by atoms with Gasteiger partial charge in [-0.25, -0.2) is 4.79 Å². The van der Waals surface area contributed by atoms with Crippen LogP contribution in [0.3, 0.4) is 0 Å². The molecule has 0 aromatic heterocycles. The van der Waals surface area contributed by atoms with Gasteiger partial charge < -0.3 is 15.0 Å². The summed E-state index contributed by atoms with van der Waals surface area (Å²) in [4.78, 5) is 47.9. The maximum Gasteiger partial charge on any atom is 0.338 e. The van der Waals surface area contributed by atoms with Crippen LogP contribution in [0.1, 0.15) is 20.7 Å². The van der Waals surface area contributed by atoms with Crippen molar-refractivity contribution in [2.45, 2.75) is 0 Å². The molecule has 0 saturated carbocycles. The lowest BCUT2D eigenvalue weighted by Gasteiger charge is -2.17. The van der Waals surface area contributed by atoms with Crippen molar-refractivity contribution in [1.82, 2.24) is 4.90 Å². The second-order valence-electron chi connectivity index (χ2n) is 5.86. The summed E-state index contributed by atoms with van der Waals surface area (Å²) in [6.45, 7) is -0.352. The second-order valence-corrected chi connectivity index (χ2v) is 6.67. The minimum atomic E-state index is -0.831. The summed E-state index contributed by atoms with van der Waals surface area (Å²) < 4.78 is 4.54. The number of nitrogens with one attached hydrogen (secondary N) is 1. The number of rotatable bonds is 6. The van der Waals surface area contributed by atoms with Gasteiger partial charge in [0.2, 0.25) is 5.91 Å². The van der Waals surface area contributed by atoms with Crippen molar-refractivity contribution in [3.63, 3.8) is 0 Å². The fraction of sp³-hybridized carbons (Fsp3) is 0.167. The Morgan fingerprint density at radius 2 is 1.76 bits per heavy atom. The molecule has 0 saturated heterocycles. The molecule has 0 spiro atoms. The van der Waals surface area contributed by atoms with Gasteiger partial charge in [0.05, 0.1) is 34.2 Å². The molecule has 0 unspecified atom stereocenters. The molecule has 0 aliphatic carbocycles. The number of carbonyl (C=O) groups excluding carboxylic acids is 3. The van der Waals surface area contributed by atoms with Crippen molar-refractivity contribution >= 4 is 52.4 Å². The maximum atomic E-state index is 12.6. The van der Waals surface area contributed by atoms with E-state index < -0.39 is 28.4 Å². The number of benzene rings is 2. The number of halogens is 2. The lowest BCUT2D eigenvalue weighted by atomic mass is 10.1. The van der Waals surface area contributed by atoms with E-state index in [0.717, 1.165) is 30.2 Å². The van der Waals surface area contributed by atoms with E-state index in [2.05, 4.69) is 10.1 Å². The van der Waals surface area contributed by atoms with Crippen LogP contribution < -0.4 is 5.32 Å². The van der Waals surface area contributed by atoms with Crippen molar-refractivity contribution in [1.29, 1.82) is 0 Å². The molecule has 152 valence electrons. The van der Waals surface area contributed by atoms with E-state index >= 15 is 0 Å². The van der Waals surface area contributed by atoms with Gasteiger partial charge in [-0.3, -0.25) is 19.7 Å². The Bertz CT molecular complexity index is 996. The zero-order valence-electron chi connectivity index (χ0n) is 15.3. The van der Waals surface area contributed by atoms with Gasteiger partial charge in [-0.05, 0) is 24.3 Å². The summed E-state index contributed by atoms with van der Waals surface area (Å²) in [6.07, 6.45) is 0. The summed E-state index contributed by atoms with van der Waals surface area (Å²) in [5.74, 6) is -2.05. The normalized spacial score (nSPS) is 10.2. The topological polar surface area (TPSA) is 119 Å². The van der Waals surface area contributed by atoms with Crippen molar-refractivity contribution < 1.29 is 24.0 Å². The second kappa shape index (κ2) is 9.35. The third-order valence-electron chi connectivity index (χ3n) is 3.73. The number of likely N-dealkylation sites (N-methyl/N-ethyl adjacent to an activating group) is 1. The van der Waals surface area contributed by atoms with Crippen LogP contribution in [0, 0.1) is 10.1 Å². The van der Waals surface area contributed by atoms with E-state index in [1.807, 2.05) is 0 Å². The largest absolute Gasteiger partial charge is 0.465 e. The van der Waals surface area contributed by atoms with Crippen LogP contribution in [0.2, 0.25) is 10.0 Å². The van der Waals surface area contributed by atoms with Gasteiger partial charge in [0.1, 0.15) is 0 Å². The number of carbonyl (C=O) groups is 3. The SMILES string of the molecule is COC(=O)c1cc(C(=O)N(C)CC(=O)Nc2ccc(Cl)c(Cl)c2)cc([N+](=O)[O-])c1. The minimum Gasteiger partial charge on any atom is -0.465 e. The molecule has 0 atom stereocenters. The number of hydrogen-bond acceptors (Lipinski definition) is 6. The predicted octanol–water partition coefficient (Wildman–Crippen LogP) is 3.40. The third kappa shape index (κ3) is 5.66. The van der Waals surface area contributed by atoms with Gasteiger partial charge >= 0.3 is 5.97 Å². The summed E-state index contributed by atoms with van der Waals surface area (Å²) in [5.41, 5.74) is -0.360. The summed E-state index contributed by atoms with van der Waals surface area (Å²) in [6, 6.07) is 7.67. The fourth-order valence-electron chi connectivity index (χ4n) is 2.36. The lowest BCUT2D eigenvalue weighted by molar-refractivity contribution is -0.384. The molecule has 29 heavy (non-hydrogen) atoms. The number of nitro benzene ring substituents is 1. The molecule has 2 aromatic rings. The first kappa shape index (κ1) is 22.1. The van der Waals surface area contributed by atoms with E-state index in [0.29, 0.717) is 10.7 Å². The highest BCUT2D eigenvalue weighted by Gasteiger charge is 2.21. The molecule has 2 rings (SSSR count). The summed E-state index contributed by atoms with van der Waals surface area (Å²) in [7, 11) is 2.45. The maximum absolute atomic E-state index is 12.6. The molecule has 1 N–H and O–H groups in total. The molecule has 0 bridgehead atoms. The molecule has 2 amide bonds. The standard InChI is InChI=1S/C18H15Cl2N3O6/c1-22(9-16(24)21-12-3-4-14(19)15(20)8-12)17(25)10-5-11(18(26)29-2)7-13(6-10)23(27)28/h3-8H,9H2,1-2H3,(H,21,24). The number of hydrogen-bond donors (Lipinski definition) is 1. The number of nitrogens with zero attached hydrogens (tertiary/aromatic N) is 2. The zero-order valence-corrected chi connectivity index (χ0v) is 16.8. The highest BCUT2D eigenvalue weighted by atomic mass is 35.5. The quantitative estimate of drug-likeness (QED) is 0.418. The van der Waals surface area contributed by atoms with Gasteiger partial charge in [-0.2, -0.15) is 0 Å². The van der Waals surface area contributed by atoms with Crippen LogP contribution >= 0.6 is 23.2 Å². The van der Waals surface area contributed by atoms with Crippen LogP contribution in [0.4, 0.5) is 11.4 Å². The van der Waals surface area contributed by atoms with Gasteiger partial charge in [-0.15, -0.1) is 0 Å². The van der Waals surface area contributed by atoms with E-state index in [1.54, 1.807) is 0 Å². The molecule has 0 fully saturated rings.